The molecule has 6 aromatic rings. The number of nitrogens with zero attached hydrogens (tertiary/aromatic N) is 4. The van der Waals surface area contributed by atoms with Crippen LogP contribution < -0.4 is 5.76 Å². The number of amides is 1. The van der Waals surface area contributed by atoms with Gasteiger partial charge in [0.2, 0.25) is 0 Å². The number of pyridine rings is 2. The monoisotopic (exact) mass is 633 g/mol. The largest absolute Gasteiger partial charge is 0.434 e. The molecular weight excluding hydrogens is 607 g/mol. The van der Waals surface area contributed by atoms with Gasteiger partial charge in [-0.05, 0) is 78.1 Å². The number of aromatic nitrogens is 4. The smallest absolute Gasteiger partial charge is 0.388 e. The summed E-state index contributed by atoms with van der Waals surface area (Å²) < 4.78 is 47.2. The summed E-state index contributed by atoms with van der Waals surface area (Å²) in [6, 6.07) is 17.0. The third-order valence-electron chi connectivity index (χ3n) is 9.07. The van der Waals surface area contributed by atoms with Gasteiger partial charge in [-0.2, -0.15) is 0 Å². The van der Waals surface area contributed by atoms with Gasteiger partial charge in [0.15, 0.2) is 0 Å². The third-order valence-corrected chi connectivity index (χ3v) is 9.07. The van der Waals surface area contributed by atoms with E-state index in [0.717, 1.165) is 35.2 Å². The number of H-pyrrole nitrogens is 1. The fraction of sp³-hybridized carbons (Fsp3) is 0.194. The zero-order valence-corrected chi connectivity index (χ0v) is 24.9. The number of carbonyl (C=O) groups excluding carboxylic acids is 1. The molecule has 0 radical (unpaired) electrons. The summed E-state index contributed by atoms with van der Waals surface area (Å²) in [5, 5.41) is 8.06. The Kier molecular flexibility index (Phi) is 6.96. The van der Waals surface area contributed by atoms with Crippen molar-refractivity contribution < 1.29 is 22.4 Å². The molecule has 234 valence electrons. The number of hydrogen-bond acceptors (Lipinski definition) is 6. The van der Waals surface area contributed by atoms with Crippen LogP contribution in [-0.4, -0.2) is 37.5 Å². The second-order valence-corrected chi connectivity index (χ2v) is 11.9. The second kappa shape index (κ2) is 11.3. The molecule has 11 heteroatoms. The van der Waals surface area contributed by atoms with Gasteiger partial charge in [0.05, 0.1) is 34.3 Å². The number of hydrogen-bond donors (Lipinski definition) is 1. The Bertz CT molecular complexity index is 2260. The summed E-state index contributed by atoms with van der Waals surface area (Å²) in [6.45, 7) is 0.615. The van der Waals surface area contributed by atoms with Gasteiger partial charge in [-0.15, -0.1) is 5.10 Å². The lowest BCUT2D eigenvalue weighted by Crippen LogP contribution is -2.23. The number of aryl methyl sites for hydroxylation is 2. The molecule has 1 fully saturated rings. The lowest BCUT2D eigenvalue weighted by atomic mass is 9.88. The predicted molar refractivity (Wildman–Crippen MR) is 167 cm³/mol. The van der Waals surface area contributed by atoms with Crippen molar-refractivity contribution in [2.75, 3.05) is 6.54 Å². The summed E-state index contributed by atoms with van der Waals surface area (Å²) in [5.41, 5.74) is 5.21. The average molecular weight is 634 g/mol. The van der Waals surface area contributed by atoms with Crippen LogP contribution in [0.1, 0.15) is 57.5 Å². The highest BCUT2D eigenvalue weighted by atomic mass is 19.1. The lowest BCUT2D eigenvalue weighted by molar-refractivity contribution is 0.0776. The first-order valence-corrected chi connectivity index (χ1v) is 15.3. The van der Waals surface area contributed by atoms with Crippen molar-refractivity contribution in [3.8, 4) is 22.6 Å². The number of rotatable bonds is 7. The van der Waals surface area contributed by atoms with Gasteiger partial charge in [-0.1, -0.05) is 30.3 Å². The van der Waals surface area contributed by atoms with E-state index in [-0.39, 0.29) is 30.1 Å². The topological polar surface area (TPSA) is 105 Å². The van der Waals surface area contributed by atoms with Crippen LogP contribution in [-0.2, 0) is 19.3 Å². The van der Waals surface area contributed by atoms with E-state index in [1.807, 2.05) is 29.2 Å². The molecule has 0 bridgehead atoms. The summed E-state index contributed by atoms with van der Waals surface area (Å²) in [5.74, 6) is -2.51. The molecule has 1 unspecified atom stereocenters. The van der Waals surface area contributed by atoms with Gasteiger partial charge in [0.1, 0.15) is 17.5 Å². The maximum atomic E-state index is 14.6. The third kappa shape index (κ3) is 5.08. The quantitative estimate of drug-likeness (QED) is 0.209. The molecule has 1 saturated heterocycles. The van der Waals surface area contributed by atoms with E-state index >= 15 is 0 Å². The molecule has 1 amide bonds. The Balaban J connectivity index is 1.31. The molecule has 8 rings (SSSR count). The van der Waals surface area contributed by atoms with Crippen molar-refractivity contribution in [1.82, 2.24) is 25.1 Å². The first-order chi connectivity index (χ1) is 22.8. The Hall–Kier alpha value is -5.58. The molecule has 2 aliphatic heterocycles. The molecule has 5 heterocycles. The number of benzene rings is 3. The molecule has 1 N–H and O–H groups in total. The zero-order valence-electron chi connectivity index (χ0n) is 24.9. The lowest BCUT2D eigenvalue weighted by Gasteiger charge is -2.18. The van der Waals surface area contributed by atoms with E-state index in [9.17, 15) is 22.8 Å². The van der Waals surface area contributed by atoms with Gasteiger partial charge in [0.25, 0.3) is 11.8 Å². The normalized spacial score (nSPS) is 15.4. The van der Waals surface area contributed by atoms with Crippen molar-refractivity contribution in [2.45, 2.75) is 38.1 Å². The Morgan fingerprint density at radius 1 is 0.872 bits per heavy atom. The van der Waals surface area contributed by atoms with Crippen molar-refractivity contribution in [3.63, 3.8) is 0 Å². The fourth-order valence-electron chi connectivity index (χ4n) is 6.88. The summed E-state index contributed by atoms with van der Waals surface area (Å²) in [4.78, 5) is 37.6. The average Bonchev–Trinajstić information content (AvgIpc) is 3.79. The van der Waals surface area contributed by atoms with Gasteiger partial charge in [-0.25, -0.2) is 23.1 Å². The van der Waals surface area contributed by atoms with Crippen LogP contribution in [0.3, 0.4) is 0 Å². The van der Waals surface area contributed by atoms with Gasteiger partial charge in [-0.3, -0.25) is 14.8 Å². The van der Waals surface area contributed by atoms with Crippen molar-refractivity contribution in [2.24, 2.45) is 0 Å². The first-order valence-electron chi connectivity index (χ1n) is 15.3. The predicted octanol–water partition coefficient (Wildman–Crippen LogP) is 6.72. The standard InChI is InChI=1S/C36H26F3N5O3/c37-23-8-3-19(4-9-23)5-12-27-31(34-42-43-36(46)47-34)30(32-33(41-27)29-2-1-15-44(29)35(32)45)22-7-11-25-20(16-22)13-14-40-28(25)17-21-6-10-24(38)18-26(21)39/h3-4,6-11,13-14,16,18,29H,1-2,5,12,15,17H2,(H,43,46). The molecular formula is C36H26F3N5O3. The van der Waals surface area contributed by atoms with E-state index in [4.69, 9.17) is 9.40 Å². The number of carbonyl (C=O) groups is 1. The maximum absolute atomic E-state index is 14.6. The summed E-state index contributed by atoms with van der Waals surface area (Å²) >= 11 is 0. The van der Waals surface area contributed by atoms with Crippen LogP contribution in [0, 0.1) is 17.5 Å². The Morgan fingerprint density at radius 2 is 1.70 bits per heavy atom. The van der Waals surface area contributed by atoms with E-state index < -0.39 is 17.4 Å². The Morgan fingerprint density at radius 3 is 2.49 bits per heavy atom. The molecule has 0 aliphatic carbocycles. The minimum Gasteiger partial charge on any atom is -0.388 e. The molecule has 3 aromatic heterocycles. The summed E-state index contributed by atoms with van der Waals surface area (Å²) in [7, 11) is 0. The minimum atomic E-state index is -0.745. The summed E-state index contributed by atoms with van der Waals surface area (Å²) in [6.07, 6.45) is 4.36. The van der Waals surface area contributed by atoms with E-state index in [1.54, 1.807) is 18.3 Å². The molecule has 0 saturated carbocycles. The van der Waals surface area contributed by atoms with Crippen molar-refractivity contribution in [3.05, 3.63) is 135 Å². The molecule has 3 aromatic carbocycles. The molecule has 0 spiro atoms. The highest BCUT2D eigenvalue weighted by molar-refractivity contribution is 6.09. The second-order valence-electron chi connectivity index (χ2n) is 11.9. The highest BCUT2D eigenvalue weighted by Crippen LogP contribution is 2.48. The van der Waals surface area contributed by atoms with Crippen LogP contribution in [0.15, 0.2) is 82.1 Å². The highest BCUT2D eigenvalue weighted by Gasteiger charge is 2.44. The van der Waals surface area contributed by atoms with E-state index in [1.165, 1.54) is 24.3 Å². The zero-order chi connectivity index (χ0) is 32.2. The Labute approximate surface area is 265 Å². The maximum Gasteiger partial charge on any atom is 0.434 e. The number of halogens is 3. The fourth-order valence-corrected chi connectivity index (χ4v) is 6.88. The van der Waals surface area contributed by atoms with Gasteiger partial charge < -0.3 is 9.32 Å². The molecule has 1 atom stereocenters. The SMILES string of the molecule is O=C1c2c(nc(CCc3ccc(F)cc3)c(-c3n[nH]c(=O)o3)c2-c2ccc3c(Cc4ccc(F)cc4F)nccc3c2)C2CCCN12. The molecule has 8 nitrogen and oxygen atoms in total. The van der Waals surface area contributed by atoms with Crippen molar-refractivity contribution >= 4 is 16.7 Å². The first kappa shape index (κ1) is 28.9. The molecule has 2 aliphatic rings. The van der Waals surface area contributed by atoms with Crippen LogP contribution in [0.5, 0.6) is 0 Å². The number of aromatic amines is 1. The number of nitrogens with one attached hydrogen (secondary N) is 1. The van der Waals surface area contributed by atoms with Crippen LogP contribution in [0.2, 0.25) is 0 Å². The van der Waals surface area contributed by atoms with Gasteiger partial charge in [0, 0.05) is 36.2 Å². The van der Waals surface area contributed by atoms with E-state index in [2.05, 4.69) is 15.2 Å². The van der Waals surface area contributed by atoms with E-state index in [0.29, 0.717) is 64.3 Å². The van der Waals surface area contributed by atoms with Crippen molar-refractivity contribution in [1.29, 1.82) is 0 Å². The van der Waals surface area contributed by atoms with Crippen LogP contribution >= 0.6 is 0 Å². The van der Waals surface area contributed by atoms with Crippen LogP contribution in [0.25, 0.3) is 33.4 Å². The minimum absolute atomic E-state index is 0.0107. The molecule has 47 heavy (non-hydrogen) atoms. The number of fused-ring (bicyclic) bond motifs is 4. The van der Waals surface area contributed by atoms with Crippen LogP contribution in [0.4, 0.5) is 13.2 Å². The van der Waals surface area contributed by atoms with Gasteiger partial charge >= 0.3 is 5.76 Å².